The van der Waals surface area contributed by atoms with Gasteiger partial charge < -0.3 is 16.0 Å². The summed E-state index contributed by atoms with van der Waals surface area (Å²) in [6.07, 6.45) is 3.81. The quantitative estimate of drug-likeness (QED) is 0.755. The molecular formula is C23H30N4O2. The van der Waals surface area contributed by atoms with Gasteiger partial charge in [-0.05, 0) is 36.5 Å². The number of rotatable bonds is 7. The van der Waals surface area contributed by atoms with Gasteiger partial charge in [-0.2, -0.15) is 0 Å². The SMILES string of the molecule is CC(C)[C@H](N)C(=O)N1CCC[C@H]1C(=O)NC(Cc1ccccn1)c1ccccc1. The summed E-state index contributed by atoms with van der Waals surface area (Å²) < 4.78 is 0. The molecule has 0 bridgehead atoms. The van der Waals surface area contributed by atoms with Crippen LogP contribution in [0.2, 0.25) is 0 Å². The lowest BCUT2D eigenvalue weighted by molar-refractivity contribution is -0.140. The standard InChI is InChI=1S/C23H30N4O2/c1-16(2)21(24)23(29)27-14-8-12-20(27)22(28)26-19(17-9-4-3-5-10-17)15-18-11-6-7-13-25-18/h3-7,9-11,13,16,19-21H,8,12,14-15,24H2,1-2H3,(H,26,28)/t19?,20-,21-/m0/s1. The topological polar surface area (TPSA) is 88.3 Å². The van der Waals surface area contributed by atoms with Crippen molar-refractivity contribution in [2.24, 2.45) is 11.7 Å². The van der Waals surface area contributed by atoms with Gasteiger partial charge >= 0.3 is 0 Å². The van der Waals surface area contributed by atoms with E-state index < -0.39 is 12.1 Å². The van der Waals surface area contributed by atoms with Crippen molar-refractivity contribution in [1.29, 1.82) is 0 Å². The molecule has 1 fully saturated rings. The third kappa shape index (κ3) is 5.21. The summed E-state index contributed by atoms with van der Waals surface area (Å²) in [7, 11) is 0. The summed E-state index contributed by atoms with van der Waals surface area (Å²) in [5.74, 6) is -0.233. The van der Waals surface area contributed by atoms with E-state index in [2.05, 4.69) is 10.3 Å². The first-order valence-electron chi connectivity index (χ1n) is 10.3. The van der Waals surface area contributed by atoms with Crippen LogP contribution >= 0.6 is 0 Å². The van der Waals surface area contributed by atoms with E-state index in [1.165, 1.54) is 0 Å². The molecule has 0 radical (unpaired) electrons. The summed E-state index contributed by atoms with van der Waals surface area (Å²) in [6.45, 7) is 4.42. The van der Waals surface area contributed by atoms with Gasteiger partial charge in [0.15, 0.2) is 0 Å². The fourth-order valence-electron chi connectivity index (χ4n) is 3.71. The highest BCUT2D eigenvalue weighted by Gasteiger charge is 2.37. The van der Waals surface area contributed by atoms with Crippen LogP contribution in [-0.2, 0) is 16.0 Å². The highest BCUT2D eigenvalue weighted by atomic mass is 16.2. The van der Waals surface area contributed by atoms with Crippen LogP contribution in [0.15, 0.2) is 54.7 Å². The van der Waals surface area contributed by atoms with Crippen molar-refractivity contribution >= 4 is 11.8 Å². The van der Waals surface area contributed by atoms with Gasteiger partial charge in [0.1, 0.15) is 6.04 Å². The van der Waals surface area contributed by atoms with Crippen LogP contribution in [-0.4, -0.2) is 40.3 Å². The third-order valence-electron chi connectivity index (χ3n) is 5.50. The molecule has 3 rings (SSSR count). The number of hydrogen-bond acceptors (Lipinski definition) is 4. The molecule has 29 heavy (non-hydrogen) atoms. The Kier molecular flexibility index (Phi) is 6.99. The molecule has 1 unspecified atom stereocenters. The van der Waals surface area contributed by atoms with E-state index >= 15 is 0 Å². The number of amides is 2. The number of pyridine rings is 1. The molecule has 2 aromatic rings. The van der Waals surface area contributed by atoms with Crippen LogP contribution in [0.3, 0.4) is 0 Å². The van der Waals surface area contributed by atoms with E-state index in [0.717, 1.165) is 17.7 Å². The maximum atomic E-state index is 13.2. The number of likely N-dealkylation sites (tertiary alicyclic amines) is 1. The van der Waals surface area contributed by atoms with Crippen molar-refractivity contribution in [3.05, 3.63) is 66.0 Å². The molecular weight excluding hydrogens is 364 g/mol. The first-order chi connectivity index (χ1) is 14.0. The predicted octanol–water partition coefficient (Wildman–Crippen LogP) is 2.46. The third-order valence-corrected chi connectivity index (χ3v) is 5.50. The van der Waals surface area contributed by atoms with Gasteiger partial charge in [0.2, 0.25) is 11.8 Å². The lowest BCUT2D eigenvalue weighted by Gasteiger charge is -2.29. The molecule has 1 saturated heterocycles. The lowest BCUT2D eigenvalue weighted by atomic mass is 10.0. The molecule has 3 atom stereocenters. The number of aromatic nitrogens is 1. The number of carbonyl (C=O) groups is 2. The average Bonchev–Trinajstić information content (AvgIpc) is 3.23. The van der Waals surface area contributed by atoms with Crippen molar-refractivity contribution in [3.8, 4) is 0 Å². The highest BCUT2D eigenvalue weighted by molar-refractivity contribution is 5.90. The molecule has 0 saturated carbocycles. The zero-order valence-electron chi connectivity index (χ0n) is 17.1. The maximum Gasteiger partial charge on any atom is 0.243 e. The van der Waals surface area contributed by atoms with E-state index in [1.807, 2.05) is 62.4 Å². The molecule has 0 spiro atoms. The number of nitrogens with zero attached hydrogens (tertiary/aromatic N) is 2. The molecule has 6 nitrogen and oxygen atoms in total. The molecule has 154 valence electrons. The molecule has 1 aromatic carbocycles. The summed E-state index contributed by atoms with van der Waals surface area (Å²) in [4.78, 5) is 32.0. The Labute approximate surface area is 172 Å². The number of carbonyl (C=O) groups excluding carboxylic acids is 2. The second-order valence-electron chi connectivity index (χ2n) is 7.96. The van der Waals surface area contributed by atoms with Crippen LogP contribution in [0.1, 0.15) is 44.0 Å². The minimum atomic E-state index is -0.582. The van der Waals surface area contributed by atoms with Crippen LogP contribution < -0.4 is 11.1 Å². The smallest absolute Gasteiger partial charge is 0.243 e. The van der Waals surface area contributed by atoms with Crippen molar-refractivity contribution in [3.63, 3.8) is 0 Å². The van der Waals surface area contributed by atoms with Gasteiger partial charge in [0.05, 0.1) is 12.1 Å². The van der Waals surface area contributed by atoms with Crippen molar-refractivity contribution in [2.45, 2.75) is 51.2 Å². The van der Waals surface area contributed by atoms with Crippen LogP contribution in [0.25, 0.3) is 0 Å². The molecule has 0 aliphatic carbocycles. The fourth-order valence-corrected chi connectivity index (χ4v) is 3.71. The van der Waals surface area contributed by atoms with Gasteiger partial charge in [0.25, 0.3) is 0 Å². The van der Waals surface area contributed by atoms with Gasteiger partial charge in [-0.15, -0.1) is 0 Å². The molecule has 1 aromatic heterocycles. The van der Waals surface area contributed by atoms with Gasteiger partial charge in [0, 0.05) is 24.9 Å². The Bertz CT molecular complexity index is 810. The summed E-state index contributed by atoms with van der Waals surface area (Å²) >= 11 is 0. The van der Waals surface area contributed by atoms with E-state index in [0.29, 0.717) is 19.4 Å². The first-order valence-corrected chi connectivity index (χ1v) is 10.3. The zero-order chi connectivity index (χ0) is 20.8. The number of nitrogens with one attached hydrogen (secondary N) is 1. The Morgan fingerprint density at radius 2 is 1.90 bits per heavy atom. The van der Waals surface area contributed by atoms with E-state index in [-0.39, 0.29) is 23.8 Å². The summed E-state index contributed by atoms with van der Waals surface area (Å²) in [6, 6.07) is 14.4. The van der Waals surface area contributed by atoms with Crippen LogP contribution in [0.5, 0.6) is 0 Å². The maximum absolute atomic E-state index is 13.2. The normalized spacial score (nSPS) is 18.5. The van der Waals surface area contributed by atoms with E-state index in [1.54, 1.807) is 11.1 Å². The summed E-state index contributed by atoms with van der Waals surface area (Å²) in [5, 5.41) is 3.16. The molecule has 2 heterocycles. The number of benzene rings is 1. The molecule has 1 aliphatic heterocycles. The number of hydrogen-bond donors (Lipinski definition) is 2. The molecule has 2 amide bonds. The minimum absolute atomic E-state index is 0.0352. The Morgan fingerprint density at radius 1 is 1.17 bits per heavy atom. The number of nitrogens with two attached hydrogens (primary N) is 1. The summed E-state index contributed by atoms with van der Waals surface area (Å²) in [5.41, 5.74) is 7.99. The van der Waals surface area contributed by atoms with Crippen molar-refractivity contribution < 1.29 is 9.59 Å². The van der Waals surface area contributed by atoms with Crippen LogP contribution in [0, 0.1) is 5.92 Å². The Morgan fingerprint density at radius 3 is 2.55 bits per heavy atom. The second kappa shape index (κ2) is 9.65. The van der Waals surface area contributed by atoms with Crippen molar-refractivity contribution in [2.75, 3.05) is 6.54 Å². The largest absolute Gasteiger partial charge is 0.347 e. The van der Waals surface area contributed by atoms with E-state index in [4.69, 9.17) is 5.73 Å². The highest BCUT2D eigenvalue weighted by Crippen LogP contribution is 2.23. The molecule has 1 aliphatic rings. The first kappa shape index (κ1) is 21.0. The van der Waals surface area contributed by atoms with Gasteiger partial charge in [-0.3, -0.25) is 14.6 Å². The monoisotopic (exact) mass is 394 g/mol. The zero-order valence-corrected chi connectivity index (χ0v) is 17.1. The van der Waals surface area contributed by atoms with Crippen molar-refractivity contribution in [1.82, 2.24) is 15.2 Å². The Balaban J connectivity index is 1.76. The fraction of sp³-hybridized carbons (Fsp3) is 0.435. The van der Waals surface area contributed by atoms with Gasteiger partial charge in [-0.25, -0.2) is 0 Å². The average molecular weight is 395 g/mol. The Hall–Kier alpha value is -2.73. The second-order valence-corrected chi connectivity index (χ2v) is 7.96. The lowest BCUT2D eigenvalue weighted by Crippen LogP contribution is -2.53. The molecule has 3 N–H and O–H groups in total. The van der Waals surface area contributed by atoms with Crippen LogP contribution in [0.4, 0.5) is 0 Å². The minimum Gasteiger partial charge on any atom is -0.347 e. The van der Waals surface area contributed by atoms with E-state index in [9.17, 15) is 9.59 Å². The predicted molar refractivity (Wildman–Crippen MR) is 113 cm³/mol. The van der Waals surface area contributed by atoms with Gasteiger partial charge in [-0.1, -0.05) is 50.2 Å². The molecule has 6 heteroatoms.